The van der Waals surface area contributed by atoms with E-state index in [1.807, 2.05) is 0 Å². The third-order valence-electron chi connectivity index (χ3n) is 3.16. The van der Waals surface area contributed by atoms with Crippen LogP contribution in [0.2, 0.25) is 0 Å². The Balaban J connectivity index is 2.22. The zero-order valence-electron chi connectivity index (χ0n) is 10.4. The highest BCUT2D eigenvalue weighted by Gasteiger charge is 2.27. The Labute approximate surface area is 119 Å². The average molecular weight is 328 g/mol. The fourth-order valence-electron chi connectivity index (χ4n) is 2.12. The first-order chi connectivity index (χ1) is 9.01. The minimum Gasteiger partial charge on any atom is -0.478 e. The van der Waals surface area contributed by atoms with Gasteiger partial charge in [-0.05, 0) is 24.6 Å². The van der Waals surface area contributed by atoms with E-state index in [0.717, 1.165) is 6.42 Å². The summed E-state index contributed by atoms with van der Waals surface area (Å²) in [6.45, 7) is 1.18. The van der Waals surface area contributed by atoms with Gasteiger partial charge in [-0.15, -0.1) is 0 Å². The standard InChI is InChI=1S/C13H14BrNO4/c1-19-11-2-3-15(7-11)12(16)8-4-9(13(17)18)6-10(14)5-8/h4-6,11H,2-3,7H2,1H3,(H,17,18)/t11-/m0/s1. The maximum atomic E-state index is 12.3. The molecule has 1 aromatic carbocycles. The highest BCUT2D eigenvalue weighted by atomic mass is 79.9. The molecule has 102 valence electrons. The molecule has 1 amide bonds. The van der Waals surface area contributed by atoms with Gasteiger partial charge >= 0.3 is 5.97 Å². The fourth-order valence-corrected chi connectivity index (χ4v) is 2.62. The van der Waals surface area contributed by atoms with Gasteiger partial charge in [-0.25, -0.2) is 4.79 Å². The number of aromatic carboxylic acids is 1. The topological polar surface area (TPSA) is 66.8 Å². The Kier molecular flexibility index (Phi) is 4.21. The molecule has 0 aromatic heterocycles. The van der Waals surface area contributed by atoms with Crippen LogP contribution in [0.5, 0.6) is 0 Å². The van der Waals surface area contributed by atoms with Crippen molar-refractivity contribution in [3.05, 3.63) is 33.8 Å². The number of carboxylic acid groups (broad SMARTS) is 1. The second-order valence-corrected chi connectivity index (χ2v) is 5.35. The lowest BCUT2D eigenvalue weighted by Gasteiger charge is -2.16. The van der Waals surface area contributed by atoms with Gasteiger partial charge in [0.05, 0.1) is 11.7 Å². The number of carboxylic acids is 1. The highest BCUT2D eigenvalue weighted by molar-refractivity contribution is 9.10. The Bertz CT molecular complexity index is 517. The van der Waals surface area contributed by atoms with Gasteiger partial charge in [-0.3, -0.25) is 4.79 Å². The number of rotatable bonds is 3. The maximum Gasteiger partial charge on any atom is 0.335 e. The van der Waals surface area contributed by atoms with Crippen molar-refractivity contribution in [2.24, 2.45) is 0 Å². The van der Waals surface area contributed by atoms with E-state index in [1.54, 1.807) is 18.1 Å². The van der Waals surface area contributed by atoms with E-state index in [0.29, 0.717) is 23.1 Å². The van der Waals surface area contributed by atoms with Crippen LogP contribution in [0.25, 0.3) is 0 Å². The zero-order chi connectivity index (χ0) is 14.0. The predicted molar refractivity (Wildman–Crippen MR) is 72.4 cm³/mol. The molecule has 1 heterocycles. The number of ether oxygens (including phenoxy) is 1. The molecular formula is C13H14BrNO4. The molecule has 0 saturated carbocycles. The molecule has 1 aliphatic heterocycles. The molecule has 1 atom stereocenters. The van der Waals surface area contributed by atoms with Crippen LogP contribution in [0.4, 0.5) is 0 Å². The molecule has 6 heteroatoms. The number of benzene rings is 1. The van der Waals surface area contributed by atoms with Crippen molar-refractivity contribution in [2.45, 2.75) is 12.5 Å². The molecular weight excluding hydrogens is 314 g/mol. The zero-order valence-corrected chi connectivity index (χ0v) is 12.0. The first-order valence-corrected chi connectivity index (χ1v) is 6.66. The number of hydrogen-bond donors (Lipinski definition) is 1. The van der Waals surface area contributed by atoms with E-state index in [9.17, 15) is 9.59 Å². The molecule has 0 bridgehead atoms. The summed E-state index contributed by atoms with van der Waals surface area (Å²) in [5, 5.41) is 9.00. The quantitative estimate of drug-likeness (QED) is 0.922. The van der Waals surface area contributed by atoms with Crippen LogP contribution >= 0.6 is 15.9 Å². The number of amides is 1. The van der Waals surface area contributed by atoms with Crippen molar-refractivity contribution < 1.29 is 19.4 Å². The molecule has 1 aliphatic rings. The van der Waals surface area contributed by atoms with E-state index in [2.05, 4.69) is 15.9 Å². The highest BCUT2D eigenvalue weighted by Crippen LogP contribution is 2.20. The van der Waals surface area contributed by atoms with Crippen LogP contribution in [0.3, 0.4) is 0 Å². The fraction of sp³-hybridized carbons (Fsp3) is 0.385. The minimum absolute atomic E-state index is 0.0649. The van der Waals surface area contributed by atoms with Crippen molar-refractivity contribution in [3.8, 4) is 0 Å². The molecule has 0 unspecified atom stereocenters. The second kappa shape index (κ2) is 5.71. The van der Waals surface area contributed by atoms with Gasteiger partial charge < -0.3 is 14.7 Å². The van der Waals surface area contributed by atoms with Crippen molar-refractivity contribution in [2.75, 3.05) is 20.2 Å². The summed E-state index contributed by atoms with van der Waals surface area (Å²) in [6.07, 6.45) is 0.872. The molecule has 0 spiro atoms. The number of halogens is 1. The van der Waals surface area contributed by atoms with Crippen molar-refractivity contribution >= 4 is 27.8 Å². The van der Waals surface area contributed by atoms with Crippen molar-refractivity contribution in [1.82, 2.24) is 4.90 Å². The van der Waals surface area contributed by atoms with Gasteiger partial charge in [0.25, 0.3) is 5.91 Å². The van der Waals surface area contributed by atoms with E-state index >= 15 is 0 Å². The summed E-state index contributed by atoms with van der Waals surface area (Å²) in [7, 11) is 1.63. The van der Waals surface area contributed by atoms with Crippen LogP contribution < -0.4 is 0 Å². The lowest BCUT2D eigenvalue weighted by atomic mass is 10.1. The summed E-state index contributed by atoms with van der Waals surface area (Å²) in [5.41, 5.74) is 0.476. The largest absolute Gasteiger partial charge is 0.478 e. The number of carbonyl (C=O) groups is 2. The Morgan fingerprint density at radius 1 is 1.37 bits per heavy atom. The monoisotopic (exact) mass is 327 g/mol. The molecule has 0 radical (unpaired) electrons. The number of nitrogens with zero attached hydrogens (tertiary/aromatic N) is 1. The summed E-state index contributed by atoms with van der Waals surface area (Å²) in [6, 6.07) is 4.51. The van der Waals surface area contributed by atoms with E-state index in [-0.39, 0.29) is 17.6 Å². The average Bonchev–Trinajstić information content (AvgIpc) is 2.85. The van der Waals surface area contributed by atoms with Crippen molar-refractivity contribution in [1.29, 1.82) is 0 Å². The summed E-state index contributed by atoms with van der Waals surface area (Å²) >= 11 is 3.22. The van der Waals surface area contributed by atoms with Crippen LogP contribution in [0.1, 0.15) is 27.1 Å². The van der Waals surface area contributed by atoms with Crippen LogP contribution in [-0.4, -0.2) is 48.2 Å². The number of methoxy groups -OCH3 is 1. The lowest BCUT2D eigenvalue weighted by Crippen LogP contribution is -2.30. The summed E-state index contributed by atoms with van der Waals surface area (Å²) in [4.78, 5) is 25.0. The van der Waals surface area contributed by atoms with Crippen molar-refractivity contribution in [3.63, 3.8) is 0 Å². The number of likely N-dealkylation sites (tertiary alicyclic amines) is 1. The van der Waals surface area contributed by atoms with Crippen LogP contribution in [0, 0.1) is 0 Å². The smallest absolute Gasteiger partial charge is 0.335 e. The molecule has 1 aromatic rings. The first kappa shape index (κ1) is 14.0. The molecule has 1 saturated heterocycles. The number of carbonyl (C=O) groups excluding carboxylic acids is 1. The molecule has 1 N–H and O–H groups in total. The SMILES string of the molecule is CO[C@H]1CCN(C(=O)c2cc(Br)cc(C(=O)O)c2)C1. The second-order valence-electron chi connectivity index (χ2n) is 4.43. The predicted octanol–water partition coefficient (Wildman–Crippen LogP) is 2.01. The lowest BCUT2D eigenvalue weighted by molar-refractivity contribution is 0.0696. The van der Waals surface area contributed by atoms with Gasteiger partial charge in [0.15, 0.2) is 0 Å². The van der Waals surface area contributed by atoms with Crippen LogP contribution in [0.15, 0.2) is 22.7 Å². The molecule has 2 rings (SSSR count). The Hall–Kier alpha value is -1.40. The minimum atomic E-state index is -1.05. The Morgan fingerprint density at radius 2 is 2.05 bits per heavy atom. The normalized spacial score (nSPS) is 18.6. The molecule has 5 nitrogen and oxygen atoms in total. The summed E-state index contributed by atoms with van der Waals surface area (Å²) in [5.74, 6) is -1.21. The number of hydrogen-bond acceptors (Lipinski definition) is 3. The molecule has 19 heavy (non-hydrogen) atoms. The van der Waals surface area contributed by atoms with Gasteiger partial charge in [0, 0.05) is 30.2 Å². The van der Waals surface area contributed by atoms with Gasteiger partial charge in [0.2, 0.25) is 0 Å². The summed E-state index contributed by atoms with van der Waals surface area (Å²) < 4.78 is 5.80. The van der Waals surface area contributed by atoms with Gasteiger partial charge in [-0.2, -0.15) is 0 Å². The van der Waals surface area contributed by atoms with Crippen LogP contribution in [-0.2, 0) is 4.74 Å². The first-order valence-electron chi connectivity index (χ1n) is 5.87. The maximum absolute atomic E-state index is 12.3. The van der Waals surface area contributed by atoms with E-state index in [4.69, 9.17) is 9.84 Å². The molecule has 0 aliphatic carbocycles. The third-order valence-corrected chi connectivity index (χ3v) is 3.62. The molecule has 1 fully saturated rings. The van der Waals surface area contributed by atoms with Gasteiger partial charge in [0.1, 0.15) is 0 Å². The third kappa shape index (κ3) is 3.13. The van der Waals surface area contributed by atoms with E-state index in [1.165, 1.54) is 12.1 Å². The van der Waals surface area contributed by atoms with Gasteiger partial charge in [-0.1, -0.05) is 15.9 Å². The Morgan fingerprint density at radius 3 is 2.63 bits per heavy atom. The van der Waals surface area contributed by atoms with E-state index < -0.39 is 5.97 Å².